The van der Waals surface area contributed by atoms with E-state index in [1.165, 1.54) is 0 Å². The van der Waals surface area contributed by atoms with Gasteiger partial charge in [0, 0.05) is 44.7 Å². The van der Waals surface area contributed by atoms with Crippen LogP contribution in [0.4, 0.5) is 4.79 Å². The van der Waals surface area contributed by atoms with Crippen LogP contribution in [-0.2, 0) is 11.2 Å². The van der Waals surface area contributed by atoms with Gasteiger partial charge in [-0.2, -0.15) is 0 Å². The van der Waals surface area contributed by atoms with Crippen molar-refractivity contribution in [3.8, 4) is 0 Å². The van der Waals surface area contributed by atoms with Crippen LogP contribution in [0.3, 0.4) is 0 Å². The Morgan fingerprint density at radius 1 is 1.72 bits per heavy atom. The summed E-state index contributed by atoms with van der Waals surface area (Å²) < 4.78 is 5.30. The van der Waals surface area contributed by atoms with Gasteiger partial charge in [0.2, 0.25) is 0 Å². The van der Waals surface area contributed by atoms with Gasteiger partial charge in [0.05, 0.1) is 11.1 Å². The number of urea groups is 1. The highest BCUT2D eigenvalue weighted by molar-refractivity contribution is 7.09. The number of likely N-dealkylation sites (tertiary alicyclic amines) is 1. The van der Waals surface area contributed by atoms with E-state index < -0.39 is 0 Å². The number of hydrogen-bond acceptors (Lipinski definition) is 4. The third kappa shape index (κ3) is 3.68. The lowest BCUT2D eigenvalue weighted by Crippen LogP contribution is -2.47. The highest BCUT2D eigenvalue weighted by atomic mass is 32.1. The minimum Gasteiger partial charge on any atom is -0.380 e. The smallest absolute Gasteiger partial charge is 0.317 e. The summed E-state index contributed by atoms with van der Waals surface area (Å²) in [4.78, 5) is 17.9. The number of hydrogen-bond donors (Lipinski definition) is 1. The molecule has 1 aliphatic rings. The minimum atomic E-state index is 0.00769. The fraction of sp³-hybridized carbons (Fsp3) is 0.667. The standard InChI is InChI=1S/C12H19N3O2S/c1-17-10-3-2-7-15(9-10)12(16)14-5-4-11-13-6-8-18-11/h6,8,10H,2-5,7,9H2,1H3,(H,14,16). The number of carbonyl (C=O) groups excluding carboxylic acids is 1. The lowest BCUT2D eigenvalue weighted by molar-refractivity contribution is 0.0435. The number of rotatable bonds is 4. The van der Waals surface area contributed by atoms with E-state index in [1.807, 2.05) is 10.3 Å². The molecule has 0 aliphatic carbocycles. The molecule has 0 saturated carbocycles. The molecule has 2 amide bonds. The molecule has 6 heteroatoms. The van der Waals surface area contributed by atoms with Crippen molar-refractivity contribution >= 4 is 17.4 Å². The van der Waals surface area contributed by atoms with Crippen molar-refractivity contribution in [2.75, 3.05) is 26.7 Å². The molecule has 0 bridgehead atoms. The molecule has 18 heavy (non-hydrogen) atoms. The Morgan fingerprint density at radius 3 is 3.33 bits per heavy atom. The summed E-state index contributed by atoms with van der Waals surface area (Å²) in [7, 11) is 1.70. The fourth-order valence-electron chi connectivity index (χ4n) is 2.08. The van der Waals surface area contributed by atoms with E-state index in [0.717, 1.165) is 30.8 Å². The molecule has 0 radical (unpaired) electrons. The van der Waals surface area contributed by atoms with Crippen LogP contribution in [0.2, 0.25) is 0 Å². The van der Waals surface area contributed by atoms with Gasteiger partial charge in [0.25, 0.3) is 0 Å². The number of ether oxygens (including phenoxy) is 1. The van der Waals surface area contributed by atoms with Crippen LogP contribution >= 0.6 is 11.3 Å². The van der Waals surface area contributed by atoms with Crippen molar-refractivity contribution in [1.82, 2.24) is 15.2 Å². The third-order valence-corrected chi connectivity index (χ3v) is 3.94. The lowest BCUT2D eigenvalue weighted by Gasteiger charge is -2.31. The maximum Gasteiger partial charge on any atom is 0.317 e. The van der Waals surface area contributed by atoms with E-state index in [-0.39, 0.29) is 12.1 Å². The summed E-state index contributed by atoms with van der Waals surface area (Å²) in [6.45, 7) is 2.16. The molecule has 1 fully saturated rings. The highest BCUT2D eigenvalue weighted by Gasteiger charge is 2.22. The number of nitrogens with zero attached hydrogens (tertiary/aromatic N) is 2. The Hall–Kier alpha value is -1.14. The second-order valence-corrected chi connectivity index (χ2v) is 5.33. The molecule has 1 saturated heterocycles. The molecule has 0 aromatic carbocycles. The van der Waals surface area contributed by atoms with Crippen molar-refractivity contribution < 1.29 is 9.53 Å². The molecule has 1 N–H and O–H groups in total. The zero-order valence-electron chi connectivity index (χ0n) is 10.6. The van der Waals surface area contributed by atoms with Crippen LogP contribution in [-0.4, -0.2) is 48.8 Å². The third-order valence-electron chi connectivity index (χ3n) is 3.10. The second-order valence-electron chi connectivity index (χ2n) is 4.35. The number of piperidine rings is 1. The van der Waals surface area contributed by atoms with Crippen molar-refractivity contribution in [2.24, 2.45) is 0 Å². The summed E-state index contributed by atoms with van der Waals surface area (Å²) in [6, 6.07) is 0.00769. The van der Waals surface area contributed by atoms with E-state index in [0.29, 0.717) is 13.1 Å². The monoisotopic (exact) mass is 269 g/mol. The summed E-state index contributed by atoms with van der Waals surface area (Å²) in [5.41, 5.74) is 0. The van der Waals surface area contributed by atoms with Crippen LogP contribution in [0.15, 0.2) is 11.6 Å². The van der Waals surface area contributed by atoms with Crippen molar-refractivity contribution in [1.29, 1.82) is 0 Å². The molecule has 2 heterocycles. The van der Waals surface area contributed by atoms with Gasteiger partial charge in [-0.3, -0.25) is 0 Å². The van der Waals surface area contributed by atoms with Crippen molar-refractivity contribution in [3.63, 3.8) is 0 Å². The summed E-state index contributed by atoms with van der Waals surface area (Å²) in [6.07, 6.45) is 4.82. The van der Waals surface area contributed by atoms with Gasteiger partial charge in [0.1, 0.15) is 0 Å². The second kappa shape index (κ2) is 6.70. The first-order valence-electron chi connectivity index (χ1n) is 6.23. The molecular weight excluding hydrogens is 250 g/mol. The Morgan fingerprint density at radius 2 is 2.61 bits per heavy atom. The van der Waals surface area contributed by atoms with Gasteiger partial charge in [-0.15, -0.1) is 11.3 Å². The fourth-order valence-corrected chi connectivity index (χ4v) is 2.70. The quantitative estimate of drug-likeness (QED) is 0.901. The van der Waals surface area contributed by atoms with Crippen LogP contribution < -0.4 is 5.32 Å². The molecule has 5 nitrogen and oxygen atoms in total. The molecule has 1 aliphatic heterocycles. The summed E-state index contributed by atoms with van der Waals surface area (Å²) >= 11 is 1.62. The molecular formula is C12H19N3O2S. The Kier molecular flexibility index (Phi) is 4.95. The van der Waals surface area contributed by atoms with Crippen LogP contribution in [0.5, 0.6) is 0 Å². The molecule has 100 valence electrons. The Labute approximate surface area is 111 Å². The number of methoxy groups -OCH3 is 1. The maximum atomic E-state index is 11.9. The van der Waals surface area contributed by atoms with Gasteiger partial charge in [-0.25, -0.2) is 9.78 Å². The van der Waals surface area contributed by atoms with Crippen molar-refractivity contribution in [2.45, 2.75) is 25.4 Å². The van der Waals surface area contributed by atoms with E-state index >= 15 is 0 Å². The van der Waals surface area contributed by atoms with E-state index in [1.54, 1.807) is 24.6 Å². The van der Waals surface area contributed by atoms with Crippen LogP contribution in [0.1, 0.15) is 17.8 Å². The van der Waals surface area contributed by atoms with Gasteiger partial charge in [-0.05, 0) is 12.8 Å². The first kappa shape index (κ1) is 13.3. The average Bonchev–Trinajstić information content (AvgIpc) is 2.92. The first-order valence-corrected chi connectivity index (χ1v) is 7.11. The topological polar surface area (TPSA) is 54.5 Å². The van der Waals surface area contributed by atoms with E-state index in [9.17, 15) is 4.79 Å². The first-order chi connectivity index (χ1) is 8.79. The van der Waals surface area contributed by atoms with Gasteiger partial charge >= 0.3 is 6.03 Å². The predicted octanol–water partition coefficient (Wildman–Crippen LogP) is 1.51. The molecule has 1 aromatic heterocycles. The average molecular weight is 269 g/mol. The molecule has 1 unspecified atom stereocenters. The zero-order chi connectivity index (χ0) is 12.8. The number of aromatic nitrogens is 1. The molecule has 2 rings (SSSR count). The molecule has 1 atom stereocenters. The van der Waals surface area contributed by atoms with E-state index in [4.69, 9.17) is 4.74 Å². The van der Waals surface area contributed by atoms with Crippen LogP contribution in [0.25, 0.3) is 0 Å². The normalized spacial score (nSPS) is 19.8. The molecule has 1 aromatic rings. The zero-order valence-corrected chi connectivity index (χ0v) is 11.4. The lowest BCUT2D eigenvalue weighted by atomic mass is 10.1. The van der Waals surface area contributed by atoms with Gasteiger partial charge in [0.15, 0.2) is 0 Å². The number of nitrogens with one attached hydrogen (secondary N) is 1. The number of thiazole rings is 1. The highest BCUT2D eigenvalue weighted by Crippen LogP contribution is 2.12. The maximum absolute atomic E-state index is 11.9. The van der Waals surface area contributed by atoms with Gasteiger partial charge in [-0.1, -0.05) is 0 Å². The SMILES string of the molecule is COC1CCCN(C(=O)NCCc2nccs2)C1. The number of amides is 2. The van der Waals surface area contributed by atoms with Crippen LogP contribution in [0, 0.1) is 0 Å². The number of carbonyl (C=O) groups is 1. The summed E-state index contributed by atoms with van der Waals surface area (Å²) in [5, 5.41) is 5.94. The van der Waals surface area contributed by atoms with Crippen molar-refractivity contribution in [3.05, 3.63) is 16.6 Å². The Balaban J connectivity index is 1.70. The Bertz CT molecular complexity index is 369. The predicted molar refractivity (Wildman–Crippen MR) is 70.8 cm³/mol. The summed E-state index contributed by atoms with van der Waals surface area (Å²) in [5.74, 6) is 0. The van der Waals surface area contributed by atoms with E-state index in [2.05, 4.69) is 10.3 Å². The molecule has 0 spiro atoms. The van der Waals surface area contributed by atoms with Gasteiger partial charge < -0.3 is 15.0 Å². The minimum absolute atomic E-state index is 0.00769. The largest absolute Gasteiger partial charge is 0.380 e.